The average Bonchev–Trinajstić information content (AvgIpc) is 3.17. The van der Waals surface area contributed by atoms with Gasteiger partial charge in [-0.25, -0.2) is 0 Å². The average molecular weight is 361 g/mol. The predicted molar refractivity (Wildman–Crippen MR) is 96.2 cm³/mol. The van der Waals surface area contributed by atoms with Gasteiger partial charge in [-0.2, -0.15) is 0 Å². The maximum absolute atomic E-state index is 11.9. The minimum Gasteiger partial charge on any atom is -0.358 e. The molecule has 0 aromatic carbocycles. The van der Waals surface area contributed by atoms with Crippen LogP contribution in [0.25, 0.3) is 0 Å². The number of nitrogens with one attached hydrogen (secondary N) is 1. The molecule has 2 aromatic rings. The van der Waals surface area contributed by atoms with E-state index in [9.17, 15) is 14.9 Å². The van der Waals surface area contributed by atoms with Crippen molar-refractivity contribution in [2.75, 3.05) is 44.2 Å². The van der Waals surface area contributed by atoms with Crippen molar-refractivity contribution in [1.29, 1.82) is 0 Å². The molecule has 0 bridgehead atoms. The van der Waals surface area contributed by atoms with Crippen LogP contribution in [0.15, 0.2) is 35.7 Å². The maximum atomic E-state index is 11.9. The molecule has 0 radical (unpaired) electrons. The van der Waals surface area contributed by atoms with Crippen LogP contribution in [-0.2, 0) is 0 Å². The van der Waals surface area contributed by atoms with E-state index >= 15 is 0 Å². The lowest BCUT2D eigenvalue weighted by atomic mass is 10.3. The lowest BCUT2D eigenvalue weighted by Crippen LogP contribution is -2.48. The van der Waals surface area contributed by atoms with Crippen LogP contribution >= 0.6 is 11.3 Å². The molecule has 1 amide bonds. The fraction of sp³-hybridized carbons (Fsp3) is 0.375. The number of thiophene rings is 1. The summed E-state index contributed by atoms with van der Waals surface area (Å²) in [6.07, 6.45) is 0. The molecule has 1 saturated heterocycles. The Balaban J connectivity index is 1.43. The number of anilines is 1. The van der Waals surface area contributed by atoms with Crippen LogP contribution in [0, 0.1) is 10.1 Å². The number of aromatic nitrogens is 1. The van der Waals surface area contributed by atoms with Gasteiger partial charge in [0.1, 0.15) is 0 Å². The predicted octanol–water partition coefficient (Wildman–Crippen LogP) is 1.60. The first-order valence-electron chi connectivity index (χ1n) is 8.04. The van der Waals surface area contributed by atoms with Crippen molar-refractivity contribution in [1.82, 2.24) is 15.2 Å². The lowest BCUT2D eigenvalue weighted by molar-refractivity contribution is -0.389. The van der Waals surface area contributed by atoms with Crippen LogP contribution in [-0.4, -0.2) is 60.0 Å². The molecule has 0 saturated carbocycles. The molecule has 1 aliphatic heterocycles. The third-order valence-electron chi connectivity index (χ3n) is 4.06. The lowest BCUT2D eigenvalue weighted by Gasteiger charge is -2.33. The van der Waals surface area contributed by atoms with Gasteiger partial charge in [-0.15, -0.1) is 11.3 Å². The zero-order valence-corrected chi connectivity index (χ0v) is 14.4. The minimum absolute atomic E-state index is 0.0329. The van der Waals surface area contributed by atoms with E-state index in [-0.39, 0.29) is 11.7 Å². The summed E-state index contributed by atoms with van der Waals surface area (Å²) in [5, 5.41) is 15.6. The molecule has 132 valence electrons. The number of nitro groups is 1. The van der Waals surface area contributed by atoms with E-state index in [0.29, 0.717) is 12.4 Å². The van der Waals surface area contributed by atoms with E-state index in [1.54, 1.807) is 12.1 Å². The zero-order chi connectivity index (χ0) is 17.6. The summed E-state index contributed by atoms with van der Waals surface area (Å²) < 4.78 is 0. The van der Waals surface area contributed by atoms with Crippen LogP contribution in [0.5, 0.6) is 0 Å². The van der Waals surface area contributed by atoms with Crippen molar-refractivity contribution in [3.05, 3.63) is 50.7 Å². The summed E-state index contributed by atoms with van der Waals surface area (Å²) >= 11 is 1.43. The topological polar surface area (TPSA) is 91.6 Å². The quantitative estimate of drug-likeness (QED) is 0.621. The van der Waals surface area contributed by atoms with Crippen molar-refractivity contribution >= 4 is 28.9 Å². The van der Waals surface area contributed by atoms with Gasteiger partial charge >= 0.3 is 5.82 Å². The number of hydrogen-bond donors (Lipinski definition) is 1. The second kappa shape index (κ2) is 8.04. The maximum Gasteiger partial charge on any atom is 0.365 e. The summed E-state index contributed by atoms with van der Waals surface area (Å²) in [7, 11) is 0. The van der Waals surface area contributed by atoms with E-state index in [1.165, 1.54) is 17.4 Å². The van der Waals surface area contributed by atoms with Crippen molar-refractivity contribution in [3.8, 4) is 0 Å². The molecule has 9 heteroatoms. The van der Waals surface area contributed by atoms with Crippen molar-refractivity contribution in [3.63, 3.8) is 0 Å². The number of hydrogen-bond acceptors (Lipinski definition) is 7. The summed E-state index contributed by atoms with van der Waals surface area (Å²) in [6, 6.07) is 8.53. The van der Waals surface area contributed by atoms with Gasteiger partial charge in [0, 0.05) is 51.4 Å². The molecule has 1 aliphatic rings. The highest BCUT2D eigenvalue weighted by atomic mass is 32.1. The molecular weight excluding hydrogens is 342 g/mol. The van der Waals surface area contributed by atoms with Crippen molar-refractivity contribution < 1.29 is 9.72 Å². The molecule has 0 spiro atoms. The highest BCUT2D eigenvalue weighted by Gasteiger charge is 2.21. The summed E-state index contributed by atoms with van der Waals surface area (Å²) in [5.74, 6) is 0.477. The third-order valence-corrected chi connectivity index (χ3v) is 4.93. The molecule has 3 heterocycles. The van der Waals surface area contributed by atoms with Crippen LogP contribution in [0.4, 0.5) is 11.6 Å². The Kier molecular flexibility index (Phi) is 5.56. The minimum atomic E-state index is -0.476. The normalized spacial score (nSPS) is 15.1. The molecule has 1 fully saturated rings. The summed E-state index contributed by atoms with van der Waals surface area (Å²) in [6.45, 7) is 4.57. The number of carbonyl (C=O) groups excluding carboxylic acids is 1. The molecule has 2 aromatic heterocycles. The highest BCUT2D eigenvalue weighted by molar-refractivity contribution is 7.12. The molecule has 0 aliphatic carbocycles. The van der Waals surface area contributed by atoms with E-state index < -0.39 is 4.92 Å². The molecule has 0 atom stereocenters. The van der Waals surface area contributed by atoms with Gasteiger partial charge in [-0.05, 0) is 27.4 Å². The van der Waals surface area contributed by atoms with E-state index in [1.807, 2.05) is 22.4 Å². The van der Waals surface area contributed by atoms with Crippen LogP contribution < -0.4 is 10.2 Å². The van der Waals surface area contributed by atoms with Crippen LogP contribution in [0.3, 0.4) is 0 Å². The van der Waals surface area contributed by atoms with E-state index in [2.05, 4.69) is 15.2 Å². The van der Waals surface area contributed by atoms with Gasteiger partial charge in [0.05, 0.1) is 4.88 Å². The third kappa shape index (κ3) is 4.52. The van der Waals surface area contributed by atoms with Gasteiger partial charge in [0.2, 0.25) is 5.82 Å². The van der Waals surface area contributed by atoms with Crippen LogP contribution in [0.1, 0.15) is 9.67 Å². The number of pyridine rings is 1. The Bertz CT molecular complexity index is 729. The molecular formula is C16H19N5O3S. The first-order valence-corrected chi connectivity index (χ1v) is 8.92. The van der Waals surface area contributed by atoms with Crippen LogP contribution in [0.2, 0.25) is 0 Å². The number of piperazine rings is 1. The van der Waals surface area contributed by atoms with E-state index in [4.69, 9.17) is 0 Å². The van der Waals surface area contributed by atoms with Crippen molar-refractivity contribution in [2.24, 2.45) is 0 Å². The molecule has 0 unspecified atom stereocenters. The van der Waals surface area contributed by atoms with Gasteiger partial charge < -0.3 is 20.3 Å². The Morgan fingerprint density at radius 3 is 2.72 bits per heavy atom. The molecule has 25 heavy (non-hydrogen) atoms. The monoisotopic (exact) mass is 361 g/mol. The molecule has 8 nitrogen and oxygen atoms in total. The Hall–Kier alpha value is -2.52. The van der Waals surface area contributed by atoms with Crippen molar-refractivity contribution in [2.45, 2.75) is 0 Å². The fourth-order valence-electron chi connectivity index (χ4n) is 2.71. The number of nitrogens with zero attached hydrogens (tertiary/aromatic N) is 4. The first kappa shape index (κ1) is 17.3. The Labute approximate surface area is 149 Å². The smallest absolute Gasteiger partial charge is 0.358 e. The van der Waals surface area contributed by atoms with Gasteiger partial charge in [0.25, 0.3) is 5.91 Å². The molecule has 3 rings (SSSR count). The summed E-state index contributed by atoms with van der Waals surface area (Å²) in [5.41, 5.74) is 0. The first-order chi connectivity index (χ1) is 12.1. The van der Waals surface area contributed by atoms with Gasteiger partial charge in [0.15, 0.2) is 0 Å². The second-order valence-electron chi connectivity index (χ2n) is 5.67. The Morgan fingerprint density at radius 1 is 1.24 bits per heavy atom. The largest absolute Gasteiger partial charge is 0.365 e. The zero-order valence-electron chi connectivity index (χ0n) is 13.6. The van der Waals surface area contributed by atoms with Gasteiger partial charge in [-0.1, -0.05) is 6.07 Å². The number of amides is 1. The summed E-state index contributed by atoms with van der Waals surface area (Å²) in [4.78, 5) is 31.4. The SMILES string of the molecule is O=C(NCCN1CCN(c2cccc([N+](=O)[O-])n2)CC1)c1cccs1. The highest BCUT2D eigenvalue weighted by Crippen LogP contribution is 2.17. The Morgan fingerprint density at radius 2 is 2.04 bits per heavy atom. The fourth-order valence-corrected chi connectivity index (χ4v) is 3.35. The molecule has 1 N–H and O–H groups in total. The van der Waals surface area contributed by atoms with E-state index in [0.717, 1.165) is 37.6 Å². The standard InChI is InChI=1S/C16H19N5O3S/c22-16(13-3-2-12-25-13)17-6-7-19-8-10-20(11-9-19)14-4-1-5-15(18-14)21(23)24/h1-5,12H,6-11H2,(H,17,22). The van der Waals surface area contributed by atoms with Gasteiger partial charge in [-0.3, -0.25) is 9.69 Å². The number of carbonyl (C=O) groups is 1. The number of rotatable bonds is 6. The second-order valence-corrected chi connectivity index (χ2v) is 6.62.